The Kier molecular flexibility index (Phi) is 5.59. The summed E-state index contributed by atoms with van der Waals surface area (Å²) in [7, 11) is 0. The number of hydrogen-bond acceptors (Lipinski definition) is 1. The maximum absolute atomic E-state index is 5.82. The van der Waals surface area contributed by atoms with Crippen LogP contribution in [0, 0.1) is 0 Å². The van der Waals surface area contributed by atoms with Gasteiger partial charge in [0.05, 0.1) is 0 Å². The summed E-state index contributed by atoms with van der Waals surface area (Å²) in [5, 5.41) is 0.508. The van der Waals surface area contributed by atoms with E-state index in [1.54, 1.807) is 12.4 Å². The molecule has 1 aromatic heterocycles. The van der Waals surface area contributed by atoms with Crippen LogP contribution in [0.25, 0.3) is 0 Å². The molecule has 2 rings (SSSR count). The summed E-state index contributed by atoms with van der Waals surface area (Å²) in [6.45, 7) is 0. The van der Waals surface area contributed by atoms with Crippen LogP contribution in [0.15, 0.2) is 30.6 Å². The largest absolute Gasteiger partial charge is 0.265 e. The zero-order chi connectivity index (χ0) is 9.36. The van der Waals surface area contributed by atoms with Gasteiger partial charge in [0.15, 0.2) is 0 Å². The Morgan fingerprint density at radius 2 is 1.54 bits per heavy atom. The van der Waals surface area contributed by atoms with Crippen LogP contribution < -0.4 is 0 Å². The van der Waals surface area contributed by atoms with E-state index in [0.717, 1.165) is 0 Å². The van der Waals surface area contributed by atoms with Crippen LogP contribution in [0.4, 0.5) is 0 Å². The fourth-order valence-electron chi connectivity index (χ4n) is 1.37. The Bertz CT molecular complexity index is 168. The Balaban J connectivity index is 0.000000132. The lowest BCUT2D eigenvalue weighted by Crippen LogP contribution is -2.03. The van der Waals surface area contributed by atoms with Crippen LogP contribution in [0.1, 0.15) is 32.1 Å². The van der Waals surface area contributed by atoms with Gasteiger partial charge in [-0.2, -0.15) is 0 Å². The number of nitrogens with zero attached hydrogens (tertiary/aromatic N) is 1. The van der Waals surface area contributed by atoms with Crippen LogP contribution in [-0.4, -0.2) is 10.4 Å². The molecule has 0 saturated heterocycles. The first-order chi connectivity index (χ1) is 6.39. The average Bonchev–Trinajstić information content (AvgIpc) is 2.22. The molecule has 2 heteroatoms. The minimum atomic E-state index is 0.508. The maximum Gasteiger partial charge on any atom is 0.0336 e. The second-order valence-corrected chi connectivity index (χ2v) is 3.88. The van der Waals surface area contributed by atoms with Crippen molar-refractivity contribution in [3.05, 3.63) is 30.6 Å². The second kappa shape index (κ2) is 6.90. The summed E-state index contributed by atoms with van der Waals surface area (Å²) in [6, 6.07) is 5.72. The van der Waals surface area contributed by atoms with E-state index < -0.39 is 0 Å². The summed E-state index contributed by atoms with van der Waals surface area (Å²) >= 11 is 5.82. The van der Waals surface area contributed by atoms with Gasteiger partial charge in [0, 0.05) is 17.8 Å². The predicted octanol–water partition coefficient (Wildman–Crippen LogP) is 3.64. The van der Waals surface area contributed by atoms with E-state index in [2.05, 4.69) is 4.98 Å². The fourth-order valence-corrected chi connectivity index (χ4v) is 1.67. The SMILES string of the molecule is ClC1CCCCC1.c1ccncc1. The molecule has 0 amide bonds. The molecule has 0 spiro atoms. The van der Waals surface area contributed by atoms with Crippen molar-refractivity contribution < 1.29 is 0 Å². The van der Waals surface area contributed by atoms with Crippen molar-refractivity contribution in [2.75, 3.05) is 0 Å². The molecule has 1 aliphatic carbocycles. The molecule has 72 valence electrons. The zero-order valence-corrected chi connectivity index (χ0v) is 8.58. The third-order valence-electron chi connectivity index (χ3n) is 2.10. The lowest BCUT2D eigenvalue weighted by molar-refractivity contribution is 0.511. The number of alkyl halides is 1. The molecule has 1 nitrogen and oxygen atoms in total. The van der Waals surface area contributed by atoms with E-state index in [4.69, 9.17) is 11.6 Å². The van der Waals surface area contributed by atoms with Crippen LogP contribution in [-0.2, 0) is 0 Å². The molecule has 0 unspecified atom stereocenters. The summed E-state index contributed by atoms with van der Waals surface area (Å²) < 4.78 is 0. The van der Waals surface area contributed by atoms with Gasteiger partial charge < -0.3 is 0 Å². The standard InChI is InChI=1S/C6H11Cl.C5H5N/c7-6-4-2-1-3-5-6;1-2-4-6-5-3-1/h6H,1-5H2;1-5H. The van der Waals surface area contributed by atoms with Gasteiger partial charge in [-0.15, -0.1) is 11.6 Å². The summed E-state index contributed by atoms with van der Waals surface area (Å²) in [6.07, 6.45) is 10.1. The maximum atomic E-state index is 5.82. The minimum absolute atomic E-state index is 0.508. The van der Waals surface area contributed by atoms with E-state index in [-0.39, 0.29) is 0 Å². The molecule has 1 aromatic rings. The first kappa shape index (κ1) is 10.5. The molecule has 1 heterocycles. The van der Waals surface area contributed by atoms with Crippen molar-refractivity contribution in [3.63, 3.8) is 0 Å². The number of hydrogen-bond donors (Lipinski definition) is 0. The number of pyridine rings is 1. The smallest absolute Gasteiger partial charge is 0.0336 e. The van der Waals surface area contributed by atoms with Crippen molar-refractivity contribution in [2.24, 2.45) is 0 Å². The molecule has 0 radical (unpaired) electrons. The lowest BCUT2D eigenvalue weighted by atomic mass is 10.0. The number of rotatable bonds is 0. The van der Waals surface area contributed by atoms with E-state index in [0.29, 0.717) is 5.38 Å². The zero-order valence-electron chi connectivity index (χ0n) is 7.82. The number of halogens is 1. The lowest BCUT2D eigenvalue weighted by Gasteiger charge is -2.13. The van der Waals surface area contributed by atoms with Crippen molar-refractivity contribution in [1.82, 2.24) is 4.98 Å². The molecule has 13 heavy (non-hydrogen) atoms. The van der Waals surface area contributed by atoms with Gasteiger partial charge in [-0.3, -0.25) is 4.98 Å². The molecular weight excluding hydrogens is 182 g/mol. The second-order valence-electron chi connectivity index (χ2n) is 3.26. The molecule has 1 fully saturated rings. The molecule has 0 aromatic carbocycles. The molecule has 0 aliphatic heterocycles. The highest BCUT2D eigenvalue weighted by molar-refractivity contribution is 6.20. The highest BCUT2D eigenvalue weighted by Crippen LogP contribution is 2.21. The third-order valence-corrected chi connectivity index (χ3v) is 2.54. The third kappa shape index (κ3) is 5.64. The molecule has 0 atom stereocenters. The molecular formula is C11H16ClN. The first-order valence-corrected chi connectivity index (χ1v) is 5.32. The Morgan fingerprint density at radius 1 is 0.923 bits per heavy atom. The first-order valence-electron chi connectivity index (χ1n) is 4.88. The van der Waals surface area contributed by atoms with Crippen molar-refractivity contribution in [3.8, 4) is 0 Å². The normalized spacial score (nSPS) is 17.3. The minimum Gasteiger partial charge on any atom is -0.265 e. The molecule has 1 aliphatic rings. The van der Waals surface area contributed by atoms with Crippen LogP contribution in [0.3, 0.4) is 0 Å². The summed E-state index contributed by atoms with van der Waals surface area (Å²) in [4.78, 5) is 3.78. The Labute approximate surface area is 85.1 Å². The van der Waals surface area contributed by atoms with Crippen LogP contribution in [0.2, 0.25) is 0 Å². The van der Waals surface area contributed by atoms with Gasteiger partial charge in [-0.1, -0.05) is 25.3 Å². The van der Waals surface area contributed by atoms with Gasteiger partial charge >= 0.3 is 0 Å². The van der Waals surface area contributed by atoms with Crippen LogP contribution >= 0.6 is 11.6 Å². The van der Waals surface area contributed by atoms with Gasteiger partial charge in [0.2, 0.25) is 0 Å². The monoisotopic (exact) mass is 197 g/mol. The molecule has 0 N–H and O–H groups in total. The van der Waals surface area contributed by atoms with E-state index in [1.807, 2.05) is 18.2 Å². The van der Waals surface area contributed by atoms with Gasteiger partial charge in [0.25, 0.3) is 0 Å². The molecule has 1 saturated carbocycles. The Morgan fingerprint density at radius 3 is 1.77 bits per heavy atom. The number of aromatic nitrogens is 1. The van der Waals surface area contributed by atoms with Crippen molar-refractivity contribution in [1.29, 1.82) is 0 Å². The summed E-state index contributed by atoms with van der Waals surface area (Å²) in [5.41, 5.74) is 0. The van der Waals surface area contributed by atoms with Crippen LogP contribution in [0.5, 0.6) is 0 Å². The van der Waals surface area contributed by atoms with Gasteiger partial charge in [-0.25, -0.2) is 0 Å². The predicted molar refractivity (Wildman–Crippen MR) is 57.0 cm³/mol. The quantitative estimate of drug-likeness (QED) is 0.579. The summed E-state index contributed by atoms with van der Waals surface area (Å²) in [5.74, 6) is 0. The molecule has 0 bridgehead atoms. The van der Waals surface area contributed by atoms with Crippen molar-refractivity contribution >= 4 is 11.6 Å². The van der Waals surface area contributed by atoms with E-state index >= 15 is 0 Å². The van der Waals surface area contributed by atoms with Crippen molar-refractivity contribution in [2.45, 2.75) is 37.5 Å². The van der Waals surface area contributed by atoms with Gasteiger partial charge in [-0.05, 0) is 25.0 Å². The van der Waals surface area contributed by atoms with E-state index in [1.165, 1.54) is 32.1 Å². The van der Waals surface area contributed by atoms with E-state index in [9.17, 15) is 0 Å². The topological polar surface area (TPSA) is 12.9 Å². The highest BCUT2D eigenvalue weighted by atomic mass is 35.5. The average molecular weight is 198 g/mol. The fraction of sp³-hybridized carbons (Fsp3) is 0.545. The highest BCUT2D eigenvalue weighted by Gasteiger charge is 2.08. The Hall–Kier alpha value is -0.560. The van der Waals surface area contributed by atoms with Gasteiger partial charge in [0.1, 0.15) is 0 Å².